The second-order valence-corrected chi connectivity index (χ2v) is 8.69. The summed E-state index contributed by atoms with van der Waals surface area (Å²) in [5.41, 5.74) is 5.58. The van der Waals surface area contributed by atoms with Gasteiger partial charge in [-0.1, -0.05) is 0 Å². The van der Waals surface area contributed by atoms with Crippen LogP contribution in [0.5, 0.6) is 5.75 Å². The van der Waals surface area contributed by atoms with Crippen LogP contribution in [0.25, 0.3) is 0 Å². The molecule has 32 heavy (non-hydrogen) atoms. The Morgan fingerprint density at radius 2 is 1.62 bits per heavy atom. The molecule has 0 aliphatic carbocycles. The van der Waals surface area contributed by atoms with E-state index < -0.39 is 34.5 Å². The molecule has 2 aromatic rings. The standard InChI is InChI=1S/C19H22N2O9S2/c1-4-28-18(23)14-12(15(31-16(14)20)19(24)29-5-2)9-30-17(22)11-8-10(32(21,25)26)6-7-13(11)27-3/h6-8H,4-5,9,20H2,1-3H3,(H2,21,25,26). The Balaban J connectivity index is 2.44. The lowest BCUT2D eigenvalue weighted by Gasteiger charge is -2.11. The van der Waals surface area contributed by atoms with Gasteiger partial charge < -0.3 is 24.7 Å². The quantitative estimate of drug-likeness (QED) is 0.392. The summed E-state index contributed by atoms with van der Waals surface area (Å²) in [5, 5.41) is 5.10. The van der Waals surface area contributed by atoms with E-state index in [1.165, 1.54) is 19.2 Å². The number of hydrogen-bond acceptors (Lipinski definition) is 11. The molecule has 13 heteroatoms. The Labute approximate surface area is 188 Å². The average Bonchev–Trinajstić information content (AvgIpc) is 3.07. The van der Waals surface area contributed by atoms with Gasteiger partial charge >= 0.3 is 17.9 Å². The van der Waals surface area contributed by atoms with Gasteiger partial charge in [0.05, 0.1) is 25.2 Å². The maximum atomic E-state index is 12.7. The summed E-state index contributed by atoms with van der Waals surface area (Å²) in [7, 11) is -2.82. The van der Waals surface area contributed by atoms with Gasteiger partial charge in [-0.2, -0.15) is 0 Å². The van der Waals surface area contributed by atoms with Crippen molar-refractivity contribution in [3.05, 3.63) is 39.8 Å². The number of methoxy groups -OCH3 is 1. The second kappa shape index (κ2) is 10.4. The lowest BCUT2D eigenvalue weighted by molar-refractivity contribution is 0.0434. The van der Waals surface area contributed by atoms with Crippen molar-refractivity contribution in [3.8, 4) is 5.75 Å². The summed E-state index contributed by atoms with van der Waals surface area (Å²) in [6.45, 7) is 2.78. The minimum atomic E-state index is -4.10. The van der Waals surface area contributed by atoms with E-state index >= 15 is 0 Å². The summed E-state index contributed by atoms with van der Waals surface area (Å²) in [6.07, 6.45) is 0. The largest absolute Gasteiger partial charge is 0.496 e. The molecule has 0 unspecified atom stereocenters. The monoisotopic (exact) mass is 486 g/mol. The molecular weight excluding hydrogens is 464 g/mol. The molecule has 0 atom stereocenters. The van der Waals surface area contributed by atoms with E-state index in [2.05, 4.69) is 0 Å². The molecule has 0 aliphatic rings. The van der Waals surface area contributed by atoms with E-state index in [0.717, 1.165) is 17.4 Å². The minimum absolute atomic E-state index is 0.00800. The summed E-state index contributed by atoms with van der Waals surface area (Å²) in [5.74, 6) is -2.50. The van der Waals surface area contributed by atoms with Gasteiger partial charge in [0.15, 0.2) is 0 Å². The molecule has 11 nitrogen and oxygen atoms in total. The molecule has 2 rings (SSSR count). The number of primary sulfonamides is 1. The van der Waals surface area contributed by atoms with Gasteiger partial charge in [-0.3, -0.25) is 0 Å². The van der Waals surface area contributed by atoms with Crippen molar-refractivity contribution in [1.29, 1.82) is 0 Å². The maximum Gasteiger partial charge on any atom is 0.348 e. The number of carbonyl (C=O) groups is 3. The molecule has 0 radical (unpaired) electrons. The maximum absolute atomic E-state index is 12.7. The molecule has 0 aliphatic heterocycles. The van der Waals surface area contributed by atoms with Crippen LogP contribution in [0.15, 0.2) is 23.1 Å². The second-order valence-electron chi connectivity index (χ2n) is 6.07. The van der Waals surface area contributed by atoms with E-state index in [1.54, 1.807) is 13.8 Å². The lowest BCUT2D eigenvalue weighted by Crippen LogP contribution is -2.16. The van der Waals surface area contributed by atoms with Crippen LogP contribution >= 0.6 is 11.3 Å². The third-order valence-electron chi connectivity index (χ3n) is 4.04. The molecule has 0 spiro atoms. The first kappa shape index (κ1) is 25.1. The van der Waals surface area contributed by atoms with E-state index in [0.29, 0.717) is 0 Å². The van der Waals surface area contributed by atoms with E-state index in [-0.39, 0.29) is 50.4 Å². The van der Waals surface area contributed by atoms with Crippen molar-refractivity contribution < 1.29 is 41.7 Å². The van der Waals surface area contributed by atoms with Gasteiger partial charge in [0.2, 0.25) is 10.0 Å². The third-order valence-corrected chi connectivity index (χ3v) is 5.99. The molecule has 0 saturated carbocycles. The van der Waals surface area contributed by atoms with Gasteiger partial charge in [-0.05, 0) is 32.0 Å². The number of benzene rings is 1. The SMILES string of the molecule is CCOC(=O)c1sc(N)c(C(=O)OCC)c1COC(=O)c1cc(S(N)(=O)=O)ccc1OC. The number of rotatable bonds is 9. The number of carbonyl (C=O) groups excluding carboxylic acids is 3. The Bertz CT molecular complexity index is 1140. The fraction of sp³-hybridized carbons (Fsp3) is 0.316. The molecule has 1 heterocycles. The van der Waals surface area contributed by atoms with Crippen molar-refractivity contribution in [2.75, 3.05) is 26.1 Å². The molecule has 0 fully saturated rings. The Hall–Kier alpha value is -3.16. The fourth-order valence-corrected chi connectivity index (χ4v) is 4.14. The summed E-state index contributed by atoms with van der Waals surface area (Å²) in [4.78, 5) is 37.0. The number of anilines is 1. The highest BCUT2D eigenvalue weighted by atomic mass is 32.2. The molecule has 0 bridgehead atoms. The van der Waals surface area contributed by atoms with Crippen LogP contribution in [0.1, 0.15) is 49.8 Å². The normalized spacial score (nSPS) is 11.0. The number of nitrogens with two attached hydrogens (primary N) is 2. The Kier molecular flexibility index (Phi) is 8.19. The zero-order valence-electron chi connectivity index (χ0n) is 17.5. The number of esters is 3. The zero-order chi connectivity index (χ0) is 24.1. The number of hydrogen-bond donors (Lipinski definition) is 2. The summed E-state index contributed by atoms with van der Waals surface area (Å²) < 4.78 is 43.5. The fourth-order valence-electron chi connectivity index (χ4n) is 2.65. The molecule has 0 amide bonds. The van der Waals surface area contributed by atoms with Crippen LogP contribution in [0.3, 0.4) is 0 Å². The van der Waals surface area contributed by atoms with Crippen LogP contribution in [0.2, 0.25) is 0 Å². The first-order chi connectivity index (χ1) is 15.0. The number of ether oxygens (including phenoxy) is 4. The number of thiophene rings is 1. The zero-order valence-corrected chi connectivity index (χ0v) is 19.1. The molecule has 1 aromatic heterocycles. The highest BCUT2D eigenvalue weighted by Gasteiger charge is 2.29. The van der Waals surface area contributed by atoms with Gasteiger partial charge in [0.25, 0.3) is 0 Å². The van der Waals surface area contributed by atoms with E-state index in [1.807, 2.05) is 0 Å². The molecular formula is C19H22N2O9S2. The average molecular weight is 487 g/mol. The van der Waals surface area contributed by atoms with Crippen LogP contribution in [0, 0.1) is 0 Å². The molecule has 0 saturated heterocycles. The highest BCUT2D eigenvalue weighted by molar-refractivity contribution is 7.89. The Morgan fingerprint density at radius 1 is 1.00 bits per heavy atom. The van der Waals surface area contributed by atoms with Crippen molar-refractivity contribution >= 4 is 44.3 Å². The van der Waals surface area contributed by atoms with E-state index in [9.17, 15) is 22.8 Å². The van der Waals surface area contributed by atoms with Crippen molar-refractivity contribution in [2.24, 2.45) is 5.14 Å². The van der Waals surface area contributed by atoms with Crippen LogP contribution in [-0.2, 0) is 30.8 Å². The summed E-state index contributed by atoms with van der Waals surface area (Å²) in [6, 6.07) is 3.41. The van der Waals surface area contributed by atoms with Gasteiger partial charge in [-0.15, -0.1) is 11.3 Å². The van der Waals surface area contributed by atoms with Gasteiger partial charge in [-0.25, -0.2) is 27.9 Å². The minimum Gasteiger partial charge on any atom is -0.496 e. The predicted octanol–water partition coefficient (Wildman–Crippen LogP) is 1.70. The smallest absolute Gasteiger partial charge is 0.348 e. The van der Waals surface area contributed by atoms with E-state index in [4.69, 9.17) is 29.8 Å². The third kappa shape index (κ3) is 5.55. The van der Waals surface area contributed by atoms with Crippen LogP contribution in [0.4, 0.5) is 5.00 Å². The van der Waals surface area contributed by atoms with Crippen LogP contribution in [-0.4, -0.2) is 46.6 Å². The summed E-state index contributed by atoms with van der Waals surface area (Å²) >= 11 is 0.795. The number of sulfonamides is 1. The molecule has 4 N–H and O–H groups in total. The van der Waals surface area contributed by atoms with Crippen molar-refractivity contribution in [3.63, 3.8) is 0 Å². The molecule has 1 aromatic carbocycles. The van der Waals surface area contributed by atoms with Crippen LogP contribution < -0.4 is 15.6 Å². The molecule has 174 valence electrons. The first-order valence-electron chi connectivity index (χ1n) is 9.18. The predicted molar refractivity (Wildman–Crippen MR) is 114 cm³/mol. The van der Waals surface area contributed by atoms with Crippen molar-refractivity contribution in [1.82, 2.24) is 0 Å². The Morgan fingerprint density at radius 3 is 2.19 bits per heavy atom. The number of nitrogen functional groups attached to an aromatic ring is 1. The topological polar surface area (TPSA) is 174 Å². The van der Waals surface area contributed by atoms with Gasteiger partial charge in [0, 0.05) is 5.56 Å². The van der Waals surface area contributed by atoms with Gasteiger partial charge in [0.1, 0.15) is 33.4 Å². The highest BCUT2D eigenvalue weighted by Crippen LogP contribution is 2.33. The van der Waals surface area contributed by atoms with Crippen molar-refractivity contribution in [2.45, 2.75) is 25.3 Å². The lowest BCUT2D eigenvalue weighted by atomic mass is 10.1. The first-order valence-corrected chi connectivity index (χ1v) is 11.5.